The van der Waals surface area contributed by atoms with Crippen LogP contribution in [0.25, 0.3) is 11.1 Å². The van der Waals surface area contributed by atoms with Gasteiger partial charge >= 0.3 is 12.1 Å². The van der Waals surface area contributed by atoms with Crippen LogP contribution in [-0.4, -0.2) is 79.0 Å². The molecule has 1 unspecified atom stereocenters. The number of ether oxygens (including phenoxy) is 1. The van der Waals surface area contributed by atoms with E-state index < -0.39 is 36.7 Å². The van der Waals surface area contributed by atoms with Gasteiger partial charge in [-0.2, -0.15) is 0 Å². The average molecular weight is 441 g/mol. The Balaban J connectivity index is 1.67. The van der Waals surface area contributed by atoms with E-state index in [9.17, 15) is 14.4 Å². The van der Waals surface area contributed by atoms with E-state index in [2.05, 4.69) is 10.6 Å². The standard InChI is InChI=1S/C23H27N3O6/c1-26(2)11-19(21(28)24-20(12-27)22(29)30)25-23(31)32-13-18-16-9-5-3-7-14(16)15-8-4-6-10-17(15)18/h3-10,18-20,27H,11-13H2,1-2H3,(H,24,28)(H,25,31)(H,29,30)/t19-,20?/m0/s1. The molecule has 0 heterocycles. The molecule has 4 N–H and O–H groups in total. The molecule has 0 aromatic heterocycles. The largest absolute Gasteiger partial charge is 0.480 e. The third-order valence-corrected chi connectivity index (χ3v) is 5.30. The third kappa shape index (κ3) is 5.24. The van der Waals surface area contributed by atoms with Crippen LogP contribution in [0.1, 0.15) is 17.0 Å². The van der Waals surface area contributed by atoms with Gasteiger partial charge in [0.15, 0.2) is 0 Å². The molecule has 0 saturated heterocycles. The van der Waals surface area contributed by atoms with Crippen molar-refractivity contribution >= 4 is 18.0 Å². The minimum Gasteiger partial charge on any atom is -0.480 e. The van der Waals surface area contributed by atoms with Gasteiger partial charge in [0.25, 0.3) is 0 Å². The van der Waals surface area contributed by atoms with E-state index in [0.29, 0.717) is 0 Å². The van der Waals surface area contributed by atoms with Gasteiger partial charge < -0.3 is 30.5 Å². The molecule has 1 aliphatic carbocycles. The second-order valence-electron chi connectivity index (χ2n) is 7.87. The number of hydrogen-bond acceptors (Lipinski definition) is 6. The first kappa shape index (κ1) is 23.2. The number of carboxylic acids is 1. The summed E-state index contributed by atoms with van der Waals surface area (Å²) >= 11 is 0. The van der Waals surface area contributed by atoms with Crippen LogP contribution in [0, 0.1) is 0 Å². The van der Waals surface area contributed by atoms with Crippen molar-refractivity contribution in [2.75, 3.05) is 33.9 Å². The van der Waals surface area contributed by atoms with Crippen LogP contribution in [-0.2, 0) is 14.3 Å². The van der Waals surface area contributed by atoms with Crippen molar-refractivity contribution in [1.82, 2.24) is 15.5 Å². The predicted molar refractivity (Wildman–Crippen MR) is 117 cm³/mol. The molecule has 0 spiro atoms. The zero-order valence-electron chi connectivity index (χ0n) is 17.9. The van der Waals surface area contributed by atoms with Gasteiger partial charge in [-0.1, -0.05) is 48.5 Å². The van der Waals surface area contributed by atoms with Crippen molar-refractivity contribution in [3.8, 4) is 11.1 Å². The summed E-state index contributed by atoms with van der Waals surface area (Å²) < 4.78 is 5.47. The molecule has 32 heavy (non-hydrogen) atoms. The maximum Gasteiger partial charge on any atom is 0.407 e. The van der Waals surface area contributed by atoms with Crippen LogP contribution < -0.4 is 10.6 Å². The predicted octanol–water partition coefficient (Wildman–Crippen LogP) is 1.02. The Morgan fingerprint density at radius 1 is 0.969 bits per heavy atom. The number of aliphatic carboxylic acids is 1. The van der Waals surface area contributed by atoms with Crippen LogP contribution in [0.15, 0.2) is 48.5 Å². The monoisotopic (exact) mass is 441 g/mol. The smallest absolute Gasteiger partial charge is 0.407 e. The lowest BCUT2D eigenvalue weighted by atomic mass is 9.98. The molecule has 0 fully saturated rings. The summed E-state index contributed by atoms with van der Waals surface area (Å²) in [6, 6.07) is 13.4. The summed E-state index contributed by atoms with van der Waals surface area (Å²) in [5, 5.41) is 22.9. The zero-order valence-corrected chi connectivity index (χ0v) is 17.9. The molecule has 9 nitrogen and oxygen atoms in total. The van der Waals surface area contributed by atoms with Gasteiger partial charge in [0, 0.05) is 12.5 Å². The molecule has 2 aromatic rings. The quantitative estimate of drug-likeness (QED) is 0.457. The number of aliphatic hydroxyl groups is 1. The number of rotatable bonds is 9. The maximum atomic E-state index is 12.5. The lowest BCUT2D eigenvalue weighted by molar-refractivity contribution is -0.143. The molecule has 0 bridgehead atoms. The van der Waals surface area contributed by atoms with Crippen LogP contribution >= 0.6 is 0 Å². The molecule has 0 saturated carbocycles. The fraction of sp³-hybridized carbons (Fsp3) is 0.348. The van der Waals surface area contributed by atoms with E-state index >= 15 is 0 Å². The Morgan fingerprint density at radius 3 is 2.03 bits per heavy atom. The summed E-state index contributed by atoms with van der Waals surface area (Å²) in [4.78, 5) is 37.8. The number of amides is 2. The third-order valence-electron chi connectivity index (χ3n) is 5.30. The highest BCUT2D eigenvalue weighted by molar-refractivity contribution is 5.89. The summed E-state index contributed by atoms with van der Waals surface area (Å²) in [5.41, 5.74) is 4.34. The summed E-state index contributed by atoms with van der Waals surface area (Å²) in [6.07, 6.45) is -0.787. The van der Waals surface area contributed by atoms with Crippen LogP contribution in [0.5, 0.6) is 0 Å². The van der Waals surface area contributed by atoms with Gasteiger partial charge in [-0.05, 0) is 36.3 Å². The molecule has 2 atom stereocenters. The van der Waals surface area contributed by atoms with Crippen molar-refractivity contribution in [3.63, 3.8) is 0 Å². The van der Waals surface area contributed by atoms with Crippen molar-refractivity contribution in [1.29, 1.82) is 0 Å². The first-order valence-electron chi connectivity index (χ1n) is 10.2. The Hall–Kier alpha value is -3.43. The van der Waals surface area contributed by atoms with E-state index in [1.807, 2.05) is 48.5 Å². The summed E-state index contributed by atoms with van der Waals surface area (Å²) in [7, 11) is 3.42. The van der Waals surface area contributed by atoms with Gasteiger partial charge in [0.1, 0.15) is 18.7 Å². The minimum atomic E-state index is -1.46. The molecule has 3 rings (SSSR count). The number of nitrogens with one attached hydrogen (secondary N) is 2. The van der Waals surface area contributed by atoms with Crippen molar-refractivity contribution in [2.45, 2.75) is 18.0 Å². The van der Waals surface area contributed by atoms with Gasteiger partial charge in [0.05, 0.1) is 6.61 Å². The van der Waals surface area contributed by atoms with Gasteiger partial charge in [-0.3, -0.25) is 4.79 Å². The highest BCUT2D eigenvalue weighted by Gasteiger charge is 2.30. The minimum absolute atomic E-state index is 0.0879. The average Bonchev–Trinajstić information content (AvgIpc) is 3.08. The molecule has 0 radical (unpaired) electrons. The van der Waals surface area contributed by atoms with E-state index in [1.165, 1.54) is 0 Å². The number of carbonyl (C=O) groups is 3. The molecule has 2 amide bonds. The molecular formula is C23H27N3O6. The number of hydrogen-bond donors (Lipinski definition) is 4. The van der Waals surface area contributed by atoms with Gasteiger partial charge in [0.2, 0.25) is 5.91 Å². The molecule has 9 heteroatoms. The summed E-state index contributed by atoms with van der Waals surface area (Å²) in [5.74, 6) is -2.22. The van der Waals surface area contributed by atoms with Crippen LogP contribution in [0.4, 0.5) is 4.79 Å². The summed E-state index contributed by atoms with van der Waals surface area (Å²) in [6.45, 7) is -0.556. The Bertz CT molecular complexity index is 948. The lowest BCUT2D eigenvalue weighted by Gasteiger charge is -2.23. The highest BCUT2D eigenvalue weighted by Crippen LogP contribution is 2.44. The van der Waals surface area contributed by atoms with Crippen molar-refractivity contribution in [3.05, 3.63) is 59.7 Å². The number of carbonyl (C=O) groups excluding carboxylic acids is 2. The van der Waals surface area contributed by atoms with Gasteiger partial charge in [-0.25, -0.2) is 9.59 Å². The SMILES string of the molecule is CN(C)C[C@H](NC(=O)OCC1c2ccccc2-c2ccccc21)C(=O)NC(CO)C(=O)O. The molecule has 0 aliphatic heterocycles. The number of benzene rings is 2. The Labute approximate surface area is 186 Å². The van der Waals surface area contributed by atoms with E-state index in [-0.39, 0.29) is 19.1 Å². The lowest BCUT2D eigenvalue weighted by Crippen LogP contribution is -2.55. The van der Waals surface area contributed by atoms with Crippen LogP contribution in [0.3, 0.4) is 0 Å². The fourth-order valence-corrected chi connectivity index (χ4v) is 3.80. The number of alkyl carbamates (subject to hydrolysis) is 1. The van der Waals surface area contributed by atoms with Crippen molar-refractivity contribution < 1.29 is 29.3 Å². The molecule has 170 valence electrons. The topological polar surface area (TPSA) is 128 Å². The first-order valence-corrected chi connectivity index (χ1v) is 10.2. The Kier molecular flexibility index (Phi) is 7.45. The number of carboxylic acid groups (broad SMARTS) is 1. The van der Waals surface area contributed by atoms with E-state index in [4.69, 9.17) is 14.9 Å². The van der Waals surface area contributed by atoms with Crippen molar-refractivity contribution in [2.24, 2.45) is 0 Å². The normalized spacial score (nSPS) is 14.2. The second kappa shape index (κ2) is 10.3. The Morgan fingerprint density at radius 2 is 1.53 bits per heavy atom. The number of nitrogens with zero attached hydrogens (tertiary/aromatic N) is 1. The zero-order chi connectivity index (χ0) is 23.3. The number of fused-ring (bicyclic) bond motifs is 3. The second-order valence-corrected chi connectivity index (χ2v) is 7.87. The maximum absolute atomic E-state index is 12.5. The fourth-order valence-electron chi connectivity index (χ4n) is 3.80. The first-order chi connectivity index (χ1) is 15.3. The van der Waals surface area contributed by atoms with E-state index in [0.717, 1.165) is 22.3 Å². The van der Waals surface area contributed by atoms with E-state index in [1.54, 1.807) is 19.0 Å². The highest BCUT2D eigenvalue weighted by atomic mass is 16.5. The number of aliphatic hydroxyl groups excluding tert-OH is 1. The van der Waals surface area contributed by atoms with Gasteiger partial charge in [-0.15, -0.1) is 0 Å². The number of likely N-dealkylation sites (N-methyl/N-ethyl adjacent to an activating group) is 1. The molecule has 2 aromatic carbocycles. The molecule has 1 aliphatic rings. The van der Waals surface area contributed by atoms with Crippen LogP contribution in [0.2, 0.25) is 0 Å². The molecular weight excluding hydrogens is 414 g/mol.